The first-order valence-electron chi connectivity index (χ1n) is 3.34. The van der Waals surface area contributed by atoms with Crippen LogP contribution in [-0.2, 0) is 0 Å². The average molecular weight is 388 g/mol. The molecular formula is C7H7BI2O2. The first kappa shape index (κ1) is 10.7. The molecule has 2 N–H and O–H groups in total. The van der Waals surface area contributed by atoms with Crippen molar-refractivity contribution in [2.24, 2.45) is 0 Å². The Labute approximate surface area is 98.8 Å². The molecule has 0 spiro atoms. The molecule has 0 radical (unpaired) electrons. The summed E-state index contributed by atoms with van der Waals surface area (Å²) in [4.78, 5) is 0. The van der Waals surface area contributed by atoms with E-state index < -0.39 is 7.12 Å². The van der Waals surface area contributed by atoms with E-state index in [4.69, 9.17) is 10.0 Å². The van der Waals surface area contributed by atoms with Crippen LogP contribution in [0.25, 0.3) is 0 Å². The van der Waals surface area contributed by atoms with Crippen molar-refractivity contribution in [1.29, 1.82) is 0 Å². The predicted molar refractivity (Wildman–Crippen MR) is 66.4 cm³/mol. The summed E-state index contributed by atoms with van der Waals surface area (Å²) in [5.74, 6) is 0. The van der Waals surface area contributed by atoms with Gasteiger partial charge >= 0.3 is 7.12 Å². The second-order valence-corrected chi connectivity index (χ2v) is 4.84. The van der Waals surface area contributed by atoms with Gasteiger partial charge in [-0.3, -0.25) is 0 Å². The van der Waals surface area contributed by atoms with E-state index in [0.29, 0.717) is 5.46 Å². The highest BCUT2D eigenvalue weighted by atomic mass is 127. The maximum absolute atomic E-state index is 9.02. The summed E-state index contributed by atoms with van der Waals surface area (Å²) >= 11 is 4.20. The molecule has 0 saturated carbocycles. The summed E-state index contributed by atoms with van der Waals surface area (Å²) in [6, 6.07) is 3.86. The van der Waals surface area contributed by atoms with E-state index in [0.717, 1.165) is 12.7 Å². The fraction of sp³-hybridized carbons (Fsp3) is 0.143. The van der Waals surface area contributed by atoms with Gasteiger partial charge < -0.3 is 10.0 Å². The van der Waals surface area contributed by atoms with Crippen LogP contribution in [0.5, 0.6) is 0 Å². The van der Waals surface area contributed by atoms with E-state index in [1.54, 1.807) is 0 Å². The quantitative estimate of drug-likeness (QED) is 0.555. The molecule has 0 heterocycles. The van der Waals surface area contributed by atoms with Gasteiger partial charge in [-0.05, 0) is 69.8 Å². The maximum Gasteiger partial charge on any atom is 0.490 e. The zero-order valence-corrected chi connectivity index (χ0v) is 10.7. The molecule has 5 heteroatoms. The first-order chi connectivity index (χ1) is 5.52. The summed E-state index contributed by atoms with van der Waals surface area (Å²) in [5.41, 5.74) is 1.73. The van der Waals surface area contributed by atoms with E-state index in [-0.39, 0.29) is 0 Å². The van der Waals surface area contributed by atoms with Crippen molar-refractivity contribution in [3.05, 3.63) is 24.8 Å². The fourth-order valence-corrected chi connectivity index (χ4v) is 3.59. The topological polar surface area (TPSA) is 40.5 Å². The molecular weight excluding hydrogens is 381 g/mol. The lowest BCUT2D eigenvalue weighted by molar-refractivity contribution is 0.425. The third-order valence-electron chi connectivity index (χ3n) is 1.48. The highest BCUT2D eigenvalue weighted by Gasteiger charge is 2.18. The van der Waals surface area contributed by atoms with Crippen LogP contribution in [0.3, 0.4) is 0 Å². The zero-order valence-electron chi connectivity index (χ0n) is 6.38. The van der Waals surface area contributed by atoms with Gasteiger partial charge in [0.15, 0.2) is 0 Å². The molecule has 1 aromatic carbocycles. The minimum Gasteiger partial charge on any atom is -0.423 e. The van der Waals surface area contributed by atoms with Gasteiger partial charge in [-0.25, -0.2) is 0 Å². The van der Waals surface area contributed by atoms with Crippen molar-refractivity contribution in [3.8, 4) is 0 Å². The summed E-state index contributed by atoms with van der Waals surface area (Å²) in [7, 11) is -1.37. The molecule has 0 atom stereocenters. The summed E-state index contributed by atoms with van der Waals surface area (Å²) in [5, 5.41) is 18.0. The number of rotatable bonds is 1. The van der Waals surface area contributed by atoms with Gasteiger partial charge in [0.2, 0.25) is 0 Å². The summed E-state index contributed by atoms with van der Waals surface area (Å²) < 4.78 is 1.79. The standard InChI is InChI=1S/C7H7BI2O2/c1-4-2-5(9)7(8(11)12)6(10)3-4/h2-3,11-12H,1H3. The van der Waals surface area contributed by atoms with Crippen molar-refractivity contribution in [1.82, 2.24) is 0 Å². The minimum absolute atomic E-state index is 0.599. The lowest BCUT2D eigenvalue weighted by Gasteiger charge is -2.06. The SMILES string of the molecule is Cc1cc(I)c(B(O)O)c(I)c1. The number of benzene rings is 1. The Hall–Kier alpha value is 0.665. The lowest BCUT2D eigenvalue weighted by atomic mass is 9.80. The van der Waals surface area contributed by atoms with E-state index >= 15 is 0 Å². The molecule has 2 nitrogen and oxygen atoms in total. The second-order valence-electron chi connectivity index (χ2n) is 2.52. The number of hydrogen-bond donors (Lipinski definition) is 2. The maximum atomic E-state index is 9.02. The van der Waals surface area contributed by atoms with Crippen LogP contribution in [0.4, 0.5) is 0 Å². The highest BCUT2D eigenvalue weighted by Crippen LogP contribution is 2.11. The van der Waals surface area contributed by atoms with Crippen molar-refractivity contribution in [2.45, 2.75) is 6.92 Å². The van der Waals surface area contributed by atoms with Gasteiger partial charge in [0, 0.05) is 12.6 Å². The van der Waals surface area contributed by atoms with Gasteiger partial charge in [-0.1, -0.05) is 0 Å². The summed E-state index contributed by atoms with van der Waals surface area (Å²) in [6.45, 7) is 1.98. The number of hydrogen-bond acceptors (Lipinski definition) is 2. The number of aryl methyl sites for hydroxylation is 1. The second kappa shape index (κ2) is 4.25. The molecule has 0 aliphatic rings. The largest absolute Gasteiger partial charge is 0.490 e. The van der Waals surface area contributed by atoms with Crippen molar-refractivity contribution >= 4 is 57.8 Å². The molecule has 0 fully saturated rings. The van der Waals surface area contributed by atoms with Crippen LogP contribution < -0.4 is 5.46 Å². The van der Waals surface area contributed by atoms with Gasteiger partial charge in [0.25, 0.3) is 0 Å². The third-order valence-corrected chi connectivity index (χ3v) is 3.27. The molecule has 0 saturated heterocycles. The monoisotopic (exact) mass is 388 g/mol. The molecule has 0 aliphatic carbocycles. The third kappa shape index (κ3) is 2.33. The van der Waals surface area contributed by atoms with E-state index in [9.17, 15) is 0 Å². The van der Waals surface area contributed by atoms with Crippen LogP contribution >= 0.6 is 45.2 Å². The van der Waals surface area contributed by atoms with Crippen molar-refractivity contribution in [2.75, 3.05) is 0 Å². The molecule has 1 aromatic rings. The molecule has 12 heavy (non-hydrogen) atoms. The van der Waals surface area contributed by atoms with Gasteiger partial charge in [-0.2, -0.15) is 0 Å². The normalized spacial score (nSPS) is 10.1. The predicted octanol–water partition coefficient (Wildman–Crippen LogP) is 0.884. The molecule has 0 unspecified atom stereocenters. The van der Waals surface area contributed by atoms with E-state index in [2.05, 4.69) is 45.2 Å². The Morgan fingerprint density at radius 3 is 1.92 bits per heavy atom. The van der Waals surface area contributed by atoms with E-state index in [1.165, 1.54) is 0 Å². The molecule has 1 rings (SSSR count). The van der Waals surface area contributed by atoms with Crippen molar-refractivity contribution in [3.63, 3.8) is 0 Å². The van der Waals surface area contributed by atoms with Gasteiger partial charge in [0.1, 0.15) is 0 Å². The van der Waals surface area contributed by atoms with Crippen LogP contribution in [0.1, 0.15) is 5.56 Å². The summed E-state index contributed by atoms with van der Waals surface area (Å²) in [6.07, 6.45) is 0. The number of halogens is 2. The molecule has 0 aromatic heterocycles. The Bertz CT molecular complexity index is 278. The Morgan fingerprint density at radius 1 is 1.17 bits per heavy atom. The average Bonchev–Trinajstić information content (AvgIpc) is 1.82. The molecule has 64 valence electrons. The zero-order chi connectivity index (χ0) is 9.30. The molecule has 0 aliphatic heterocycles. The van der Waals surface area contributed by atoms with Crippen LogP contribution in [0.15, 0.2) is 12.1 Å². The molecule has 0 amide bonds. The Kier molecular flexibility index (Phi) is 3.81. The highest BCUT2D eigenvalue weighted by molar-refractivity contribution is 14.1. The van der Waals surface area contributed by atoms with Crippen LogP contribution in [0.2, 0.25) is 0 Å². The minimum atomic E-state index is -1.37. The Morgan fingerprint density at radius 2 is 1.58 bits per heavy atom. The van der Waals surface area contributed by atoms with Gasteiger partial charge in [0.05, 0.1) is 0 Å². The smallest absolute Gasteiger partial charge is 0.423 e. The van der Waals surface area contributed by atoms with Gasteiger partial charge in [-0.15, -0.1) is 0 Å². The Balaban J connectivity index is 3.28. The first-order valence-corrected chi connectivity index (χ1v) is 5.50. The van der Waals surface area contributed by atoms with Crippen molar-refractivity contribution < 1.29 is 10.0 Å². The van der Waals surface area contributed by atoms with Crippen LogP contribution in [-0.4, -0.2) is 17.2 Å². The lowest BCUT2D eigenvalue weighted by Crippen LogP contribution is -2.34. The van der Waals surface area contributed by atoms with Crippen LogP contribution in [0, 0.1) is 14.1 Å². The molecule has 0 bridgehead atoms. The fourth-order valence-electron chi connectivity index (χ4n) is 0.958. The van der Waals surface area contributed by atoms with E-state index in [1.807, 2.05) is 19.1 Å².